The van der Waals surface area contributed by atoms with Gasteiger partial charge in [0.15, 0.2) is 0 Å². The highest BCUT2D eigenvalue weighted by Gasteiger charge is 2.46. The fourth-order valence-corrected chi connectivity index (χ4v) is 17.1. The molecule has 0 N–H and O–H groups in total. The monoisotopic (exact) mass is 1400 g/mol. The first-order chi connectivity index (χ1) is 57.9. The first-order valence-electron chi connectivity index (χ1n) is 43.6. The SMILES string of the molecule is [2H]c1c([2H])c([2H])c(-c2ccc3c(c2)N(c2c(-c4ccccc4)cc(C(C)(C)C)cc2-c2ccccc2)c2cc(-n4c5c([2H])c([2H])c([2H])c([2H])c5c5c([2H])c([2H])c([2H])c([2H])c54)cc4c2B3c2ccc(-n3c5ccc(C(C)(C)C)cc5c5cc(C(C)(C)C)ccc53)cc2N4c2cc(-c3ccccc3)cc3c2c2ccccc2n3-c2ccccc2)c([2H])c1[2H]. The number of para-hydroxylation sites is 4. The Hall–Kier alpha value is -12.6. The van der Waals surface area contributed by atoms with Crippen molar-refractivity contribution in [1.29, 1.82) is 0 Å². The highest BCUT2D eigenvalue weighted by molar-refractivity contribution is 7.00. The van der Waals surface area contributed by atoms with Crippen LogP contribution in [-0.2, 0) is 16.2 Å². The van der Waals surface area contributed by atoms with Crippen molar-refractivity contribution in [3.05, 3.63) is 350 Å². The molecule has 0 spiro atoms. The molecule has 5 nitrogen and oxygen atoms in total. The molecule has 2 aliphatic rings. The van der Waals surface area contributed by atoms with E-state index in [0.717, 1.165) is 122 Å². The highest BCUT2D eigenvalue weighted by Crippen LogP contribution is 2.55. The van der Waals surface area contributed by atoms with Crippen LogP contribution in [-0.4, -0.2) is 20.4 Å². The van der Waals surface area contributed by atoms with Gasteiger partial charge in [-0.3, -0.25) is 0 Å². The third-order valence-corrected chi connectivity index (χ3v) is 22.4. The molecule has 518 valence electrons. The Balaban J connectivity index is 1.04. The molecule has 0 bridgehead atoms. The van der Waals surface area contributed by atoms with Crippen molar-refractivity contribution in [2.75, 3.05) is 9.80 Å². The van der Waals surface area contributed by atoms with E-state index in [4.69, 9.17) is 1.37 Å². The Morgan fingerprint density at radius 3 is 1.31 bits per heavy atom. The standard InChI is InChI=1S/C102H82BN5/c1-100(2,3)71-48-53-89-82(58-71)83-59-72(101(4,5)6)49-54-90(83)105(89)75-50-52-85-92(62-75)107(94-57-70(66-33-17-11-18-34-66)56-93-97(94)79-43-27-30-46-88(79)104(93)74-39-23-14-24-40-74)95-63-76(106-86-44-28-25-41-77(86)78-42-26-29-45-87(78)106)64-96-98(95)103(85)84-51-47-69(65-31-15-10-16-32-65)55-91(84)108(96)99-80(67-35-19-12-20-36-67)60-73(102(7,8)9)61-81(99)68-37-21-13-22-38-68/h10-64H,1-9H3/i10D,15D,16D,25D,26D,28D,29D,31D,32D,41D,42D,44D,45D. The summed E-state index contributed by atoms with van der Waals surface area (Å²) in [4.78, 5) is 4.62. The van der Waals surface area contributed by atoms with Gasteiger partial charge in [0.1, 0.15) is 0 Å². The summed E-state index contributed by atoms with van der Waals surface area (Å²) in [5, 5.41) is 3.83. The molecule has 18 aromatic rings. The van der Waals surface area contributed by atoms with Crippen LogP contribution in [0, 0.1) is 0 Å². The third-order valence-electron chi connectivity index (χ3n) is 22.4. The van der Waals surface area contributed by atoms with E-state index >= 15 is 0 Å². The van der Waals surface area contributed by atoms with Crippen LogP contribution in [0.4, 0.5) is 34.1 Å². The van der Waals surface area contributed by atoms with Gasteiger partial charge in [-0.25, -0.2) is 0 Å². The number of nitrogens with zero attached hydrogens (tertiary/aromatic N) is 5. The van der Waals surface area contributed by atoms with Gasteiger partial charge in [-0.05, 0) is 192 Å². The van der Waals surface area contributed by atoms with E-state index < -0.39 is 78.6 Å². The molecular weight excluding hydrogens is 1310 g/mol. The molecule has 2 aliphatic heterocycles. The quantitative estimate of drug-likeness (QED) is 0.134. The second-order valence-corrected chi connectivity index (χ2v) is 31.9. The molecule has 0 atom stereocenters. The molecule has 3 aromatic heterocycles. The van der Waals surface area contributed by atoms with Crippen LogP contribution in [0.2, 0.25) is 0 Å². The molecule has 0 saturated heterocycles. The maximum atomic E-state index is 10.3. The zero-order valence-electron chi connectivity index (χ0n) is 74.6. The molecule has 0 fully saturated rings. The van der Waals surface area contributed by atoms with E-state index in [9.17, 15) is 16.4 Å². The van der Waals surface area contributed by atoms with Crippen molar-refractivity contribution in [1.82, 2.24) is 13.7 Å². The van der Waals surface area contributed by atoms with Gasteiger partial charge in [0, 0.05) is 77.6 Å². The maximum Gasteiger partial charge on any atom is 0.252 e. The van der Waals surface area contributed by atoms with Crippen molar-refractivity contribution in [3.8, 4) is 61.6 Å². The smallest absolute Gasteiger partial charge is 0.252 e. The van der Waals surface area contributed by atoms with E-state index in [1.807, 2.05) is 84.9 Å². The summed E-state index contributed by atoms with van der Waals surface area (Å²) in [7, 11) is 0. The average molecular weight is 1400 g/mol. The molecule has 6 heteroatoms. The zero-order valence-corrected chi connectivity index (χ0v) is 61.6. The molecule has 0 radical (unpaired) electrons. The second-order valence-electron chi connectivity index (χ2n) is 31.9. The lowest BCUT2D eigenvalue weighted by atomic mass is 9.33. The summed E-state index contributed by atoms with van der Waals surface area (Å²) in [6.07, 6.45) is 0. The number of benzene rings is 15. The van der Waals surface area contributed by atoms with Crippen molar-refractivity contribution in [2.45, 2.75) is 78.6 Å². The van der Waals surface area contributed by atoms with Crippen molar-refractivity contribution in [2.24, 2.45) is 0 Å². The normalized spacial score (nSPS) is 14.7. The predicted octanol–water partition coefficient (Wildman–Crippen LogP) is 25.6. The van der Waals surface area contributed by atoms with Gasteiger partial charge >= 0.3 is 0 Å². The van der Waals surface area contributed by atoms with Gasteiger partial charge in [0.25, 0.3) is 6.71 Å². The van der Waals surface area contributed by atoms with Gasteiger partial charge in [-0.15, -0.1) is 0 Å². The Labute approximate surface area is 650 Å². The summed E-state index contributed by atoms with van der Waals surface area (Å²) < 4.78 is 132. The molecule has 20 rings (SSSR count). The number of aromatic nitrogens is 3. The Kier molecular flexibility index (Phi) is 11.9. The number of rotatable bonds is 9. The summed E-state index contributed by atoms with van der Waals surface area (Å²) in [6, 6.07) is 82.6. The lowest BCUT2D eigenvalue weighted by Gasteiger charge is -2.46. The van der Waals surface area contributed by atoms with Crippen LogP contribution >= 0.6 is 0 Å². The molecule has 0 saturated carbocycles. The fraction of sp³-hybridized carbons (Fsp3) is 0.118. The van der Waals surface area contributed by atoms with Gasteiger partial charge in [-0.1, -0.05) is 287 Å². The largest absolute Gasteiger partial charge is 0.311 e. The number of hydrogen-bond donors (Lipinski definition) is 0. The first-order valence-corrected chi connectivity index (χ1v) is 37.1. The lowest BCUT2D eigenvalue weighted by Crippen LogP contribution is -2.61. The number of fused-ring (bicyclic) bond motifs is 13. The van der Waals surface area contributed by atoms with E-state index in [0.29, 0.717) is 28.3 Å². The summed E-state index contributed by atoms with van der Waals surface area (Å²) in [5.41, 5.74) is 20.1. The Morgan fingerprint density at radius 2 is 0.731 bits per heavy atom. The number of hydrogen-bond acceptors (Lipinski definition) is 2. The highest BCUT2D eigenvalue weighted by atomic mass is 15.2. The van der Waals surface area contributed by atoms with Crippen LogP contribution in [0.15, 0.2) is 333 Å². The first kappa shape index (κ1) is 52.3. The molecule has 0 aliphatic carbocycles. The Morgan fingerprint density at radius 1 is 0.269 bits per heavy atom. The van der Waals surface area contributed by atoms with E-state index in [1.54, 1.807) is 4.57 Å². The molecule has 0 amide bonds. The summed E-state index contributed by atoms with van der Waals surface area (Å²) in [6.45, 7) is 19.3. The van der Waals surface area contributed by atoms with Gasteiger partial charge < -0.3 is 23.5 Å². The van der Waals surface area contributed by atoms with Crippen LogP contribution in [0.3, 0.4) is 0 Å². The lowest BCUT2D eigenvalue weighted by molar-refractivity contribution is 0.590. The summed E-state index contributed by atoms with van der Waals surface area (Å²) in [5.74, 6) is 0. The summed E-state index contributed by atoms with van der Waals surface area (Å²) >= 11 is 0. The van der Waals surface area contributed by atoms with Crippen LogP contribution in [0.1, 0.15) is 96.8 Å². The minimum absolute atomic E-state index is 0.00978. The van der Waals surface area contributed by atoms with Gasteiger partial charge in [0.2, 0.25) is 0 Å². The van der Waals surface area contributed by atoms with Crippen molar-refractivity contribution >= 4 is 123 Å². The average Bonchev–Trinajstić information content (AvgIpc) is 1.68. The minimum atomic E-state index is -0.748. The Bertz CT molecular complexity index is 7270. The van der Waals surface area contributed by atoms with E-state index in [-0.39, 0.29) is 56.0 Å². The van der Waals surface area contributed by atoms with E-state index in [1.165, 1.54) is 11.1 Å². The van der Waals surface area contributed by atoms with Crippen LogP contribution in [0.5, 0.6) is 0 Å². The second kappa shape index (κ2) is 24.5. The fourth-order valence-electron chi connectivity index (χ4n) is 17.1. The van der Waals surface area contributed by atoms with Crippen LogP contribution in [0.25, 0.3) is 127 Å². The zero-order chi connectivity index (χ0) is 84.4. The van der Waals surface area contributed by atoms with Gasteiger partial charge in [0.05, 0.1) is 68.0 Å². The molecule has 0 unspecified atom stereocenters. The molecule has 15 aromatic carbocycles. The predicted molar refractivity (Wildman–Crippen MR) is 461 cm³/mol. The third kappa shape index (κ3) is 10.3. The van der Waals surface area contributed by atoms with Gasteiger partial charge in [-0.2, -0.15) is 0 Å². The van der Waals surface area contributed by atoms with Crippen LogP contribution < -0.4 is 26.2 Å². The van der Waals surface area contributed by atoms with Crippen molar-refractivity contribution < 1.29 is 17.8 Å². The molecule has 5 heterocycles. The number of anilines is 6. The van der Waals surface area contributed by atoms with Crippen molar-refractivity contribution in [3.63, 3.8) is 0 Å². The van der Waals surface area contributed by atoms with E-state index in [2.05, 4.69) is 251 Å². The maximum absolute atomic E-state index is 10.3. The molecule has 108 heavy (non-hydrogen) atoms. The molecular formula is C102H82BN5. The topological polar surface area (TPSA) is 21.3 Å². The minimum Gasteiger partial charge on any atom is -0.311 e.